The summed E-state index contributed by atoms with van der Waals surface area (Å²) in [5.41, 5.74) is 11.2. The summed E-state index contributed by atoms with van der Waals surface area (Å²) >= 11 is 0. The fourth-order valence-electron chi connectivity index (χ4n) is 6.61. The van der Waals surface area contributed by atoms with Gasteiger partial charge in [0, 0.05) is 19.5 Å². The molecule has 0 aliphatic rings. The molecule has 13 N–H and O–H groups in total. The van der Waals surface area contributed by atoms with Crippen molar-refractivity contribution in [2.45, 2.75) is 185 Å². The second-order valence-electron chi connectivity index (χ2n) is 15.3. The van der Waals surface area contributed by atoms with Gasteiger partial charge in [0.25, 0.3) is 5.91 Å². The standard InChI is InChI=1S/C41H86N6O7/c42-26-18-22-28-44-32-35(33-45-29-23-19-27-43)24-16-13-15-20-30-46-37(50)25-17-12-10-8-6-4-2-1-3-5-7-9-11-14-21-31-47-41(54)40(53)39(52)38(51)36(49)34-48/h35-36,38-40,44-45,48-49,51-53H,1-34,42-43H2,(H,46,50)(H,47,54)/t36-,38-,39+,40-/m1/s1. The first-order valence-electron chi connectivity index (χ1n) is 22.0. The normalized spacial score (nSPS) is 13.9. The van der Waals surface area contributed by atoms with Gasteiger partial charge in [-0.25, -0.2) is 0 Å². The van der Waals surface area contributed by atoms with Crippen LogP contribution in [-0.4, -0.2) is 121 Å². The Bertz CT molecular complexity index is 817. The SMILES string of the molecule is NCCCCNCC(CCCCCCNC(=O)CCCCCCCCCCCCCCCCCNC(=O)[C@H](O)[C@@H](O)[C@H](O)[C@H](O)CO)CNCCCCN. The van der Waals surface area contributed by atoms with Crippen LogP contribution in [0.1, 0.15) is 161 Å². The van der Waals surface area contributed by atoms with Crippen molar-refractivity contribution in [2.24, 2.45) is 17.4 Å². The first-order valence-corrected chi connectivity index (χ1v) is 22.0. The van der Waals surface area contributed by atoms with Crippen LogP contribution < -0.4 is 32.7 Å². The van der Waals surface area contributed by atoms with E-state index in [1.165, 1.54) is 83.5 Å². The number of nitrogens with two attached hydrogens (primary N) is 2. The Morgan fingerprint density at radius 3 is 1.35 bits per heavy atom. The molecule has 0 rings (SSSR count). The molecule has 13 heteroatoms. The van der Waals surface area contributed by atoms with Gasteiger partial charge in [-0.1, -0.05) is 103 Å². The molecule has 0 aliphatic heterocycles. The van der Waals surface area contributed by atoms with Gasteiger partial charge in [-0.3, -0.25) is 9.59 Å². The number of rotatable bonds is 42. The number of amides is 2. The number of carbonyl (C=O) groups is 2. The van der Waals surface area contributed by atoms with Gasteiger partial charge in [-0.2, -0.15) is 0 Å². The van der Waals surface area contributed by atoms with Gasteiger partial charge in [-0.05, 0) is 96.6 Å². The molecular formula is C41H86N6O7. The fraction of sp³-hybridized carbons (Fsp3) is 0.951. The zero-order valence-electron chi connectivity index (χ0n) is 34.1. The second kappa shape index (κ2) is 39.8. The third-order valence-corrected chi connectivity index (χ3v) is 10.2. The molecule has 322 valence electrons. The van der Waals surface area contributed by atoms with E-state index in [1.54, 1.807) is 0 Å². The first kappa shape index (κ1) is 52.6. The van der Waals surface area contributed by atoms with Gasteiger partial charge < -0.3 is 58.3 Å². The number of aliphatic hydroxyl groups excluding tert-OH is 5. The van der Waals surface area contributed by atoms with Crippen LogP contribution in [0.5, 0.6) is 0 Å². The van der Waals surface area contributed by atoms with Gasteiger partial charge in [0.1, 0.15) is 18.3 Å². The van der Waals surface area contributed by atoms with Crippen LogP contribution in [0.15, 0.2) is 0 Å². The molecule has 2 amide bonds. The molecular weight excluding hydrogens is 688 g/mol. The largest absolute Gasteiger partial charge is 0.394 e. The van der Waals surface area contributed by atoms with E-state index >= 15 is 0 Å². The average Bonchev–Trinajstić information content (AvgIpc) is 3.18. The van der Waals surface area contributed by atoms with Gasteiger partial charge >= 0.3 is 0 Å². The number of nitrogens with one attached hydrogen (secondary N) is 4. The van der Waals surface area contributed by atoms with Gasteiger partial charge in [0.2, 0.25) is 5.91 Å². The number of carbonyl (C=O) groups excluding carboxylic acids is 2. The highest BCUT2D eigenvalue weighted by molar-refractivity contribution is 5.81. The van der Waals surface area contributed by atoms with Crippen LogP contribution in [0.25, 0.3) is 0 Å². The molecule has 0 heterocycles. The maximum Gasteiger partial charge on any atom is 0.251 e. The van der Waals surface area contributed by atoms with E-state index in [-0.39, 0.29) is 5.91 Å². The lowest BCUT2D eigenvalue weighted by molar-refractivity contribution is -0.148. The van der Waals surface area contributed by atoms with Crippen LogP contribution in [-0.2, 0) is 9.59 Å². The van der Waals surface area contributed by atoms with E-state index in [2.05, 4.69) is 21.3 Å². The lowest BCUT2D eigenvalue weighted by Gasteiger charge is -2.24. The third kappa shape index (κ3) is 32.8. The molecule has 54 heavy (non-hydrogen) atoms. The minimum atomic E-state index is -1.88. The fourth-order valence-corrected chi connectivity index (χ4v) is 6.61. The van der Waals surface area contributed by atoms with Crippen molar-refractivity contribution in [3.63, 3.8) is 0 Å². The molecule has 0 spiro atoms. The minimum Gasteiger partial charge on any atom is -0.394 e. The Hall–Kier alpha value is -1.42. The summed E-state index contributed by atoms with van der Waals surface area (Å²) in [6.45, 7) is 6.12. The van der Waals surface area contributed by atoms with E-state index in [9.17, 15) is 30.0 Å². The zero-order valence-corrected chi connectivity index (χ0v) is 34.1. The van der Waals surface area contributed by atoms with Gasteiger partial charge in [-0.15, -0.1) is 0 Å². The minimum absolute atomic E-state index is 0.203. The zero-order chi connectivity index (χ0) is 39.9. The summed E-state index contributed by atoms with van der Waals surface area (Å²) in [6.07, 6.45) is 21.2. The molecule has 0 fully saturated rings. The molecule has 13 nitrogen and oxygen atoms in total. The predicted octanol–water partition coefficient (Wildman–Crippen LogP) is 3.12. The van der Waals surface area contributed by atoms with Crippen LogP contribution in [0.4, 0.5) is 0 Å². The van der Waals surface area contributed by atoms with Crippen LogP contribution >= 0.6 is 0 Å². The molecule has 0 aromatic carbocycles. The number of hydrogen-bond donors (Lipinski definition) is 11. The maximum atomic E-state index is 12.2. The van der Waals surface area contributed by atoms with Crippen molar-refractivity contribution in [1.29, 1.82) is 0 Å². The topological polar surface area (TPSA) is 235 Å². The Kier molecular flexibility index (Phi) is 38.8. The van der Waals surface area contributed by atoms with Crippen molar-refractivity contribution in [2.75, 3.05) is 59.0 Å². The molecule has 0 aromatic rings. The number of aliphatic hydroxyl groups is 5. The van der Waals surface area contributed by atoms with E-state index in [1.807, 2.05) is 0 Å². The lowest BCUT2D eigenvalue weighted by Crippen LogP contribution is -2.51. The Balaban J connectivity index is 3.57. The quantitative estimate of drug-likeness (QED) is 0.0403. The molecule has 0 bridgehead atoms. The summed E-state index contributed by atoms with van der Waals surface area (Å²) in [5.74, 6) is 0.0441. The number of hydrogen-bond acceptors (Lipinski definition) is 11. The van der Waals surface area contributed by atoms with Crippen molar-refractivity contribution in [1.82, 2.24) is 21.3 Å². The summed E-state index contributed by atoms with van der Waals surface area (Å²) in [5, 5.41) is 60.2. The maximum absolute atomic E-state index is 12.2. The lowest BCUT2D eigenvalue weighted by atomic mass is 10.00. The van der Waals surface area contributed by atoms with Crippen molar-refractivity contribution in [3.05, 3.63) is 0 Å². The molecule has 0 radical (unpaired) electrons. The molecule has 0 saturated heterocycles. The van der Waals surface area contributed by atoms with Crippen molar-refractivity contribution >= 4 is 11.8 Å². The van der Waals surface area contributed by atoms with Crippen molar-refractivity contribution in [3.8, 4) is 0 Å². The Morgan fingerprint density at radius 1 is 0.481 bits per heavy atom. The molecule has 0 aromatic heterocycles. The van der Waals surface area contributed by atoms with Gasteiger partial charge in [0.05, 0.1) is 6.61 Å². The highest BCUT2D eigenvalue weighted by Crippen LogP contribution is 2.14. The molecule has 4 atom stereocenters. The van der Waals surface area contributed by atoms with E-state index in [4.69, 9.17) is 16.6 Å². The van der Waals surface area contributed by atoms with E-state index < -0.39 is 36.9 Å². The van der Waals surface area contributed by atoms with Crippen molar-refractivity contribution < 1.29 is 35.1 Å². The highest BCUT2D eigenvalue weighted by Gasteiger charge is 2.33. The summed E-state index contributed by atoms with van der Waals surface area (Å²) in [7, 11) is 0. The van der Waals surface area contributed by atoms with E-state index in [0.717, 1.165) is 116 Å². The molecule has 0 unspecified atom stereocenters. The van der Waals surface area contributed by atoms with Crippen LogP contribution in [0.2, 0.25) is 0 Å². The first-order chi connectivity index (χ1) is 26.3. The summed E-state index contributed by atoms with van der Waals surface area (Å²) < 4.78 is 0. The Labute approximate surface area is 329 Å². The highest BCUT2D eigenvalue weighted by atomic mass is 16.4. The van der Waals surface area contributed by atoms with Gasteiger partial charge in [0.15, 0.2) is 6.10 Å². The monoisotopic (exact) mass is 775 g/mol. The molecule has 0 saturated carbocycles. The summed E-state index contributed by atoms with van der Waals surface area (Å²) in [6, 6.07) is 0. The predicted molar refractivity (Wildman–Crippen MR) is 220 cm³/mol. The van der Waals surface area contributed by atoms with Crippen LogP contribution in [0.3, 0.4) is 0 Å². The Morgan fingerprint density at radius 2 is 0.889 bits per heavy atom. The smallest absolute Gasteiger partial charge is 0.251 e. The average molecular weight is 775 g/mol. The van der Waals surface area contributed by atoms with Crippen LogP contribution in [0, 0.1) is 5.92 Å². The molecule has 0 aliphatic carbocycles. The summed E-state index contributed by atoms with van der Waals surface area (Å²) in [4.78, 5) is 24.1. The number of unbranched alkanes of at least 4 members (excludes halogenated alkanes) is 19. The second-order valence-corrected chi connectivity index (χ2v) is 15.3. The van der Waals surface area contributed by atoms with E-state index in [0.29, 0.717) is 18.9 Å². The third-order valence-electron chi connectivity index (χ3n) is 10.2.